The smallest absolute Gasteiger partial charge is 0.414 e. The topological polar surface area (TPSA) is 77.4 Å². The number of hydrogen-bond acceptors (Lipinski definition) is 6. The first-order valence-corrected chi connectivity index (χ1v) is 12.9. The lowest BCUT2D eigenvalue weighted by Crippen LogP contribution is -2.50. The van der Waals surface area contributed by atoms with Gasteiger partial charge in [-0.15, -0.1) is 0 Å². The van der Waals surface area contributed by atoms with Crippen LogP contribution in [-0.4, -0.2) is 44.0 Å². The molecule has 1 amide bonds. The number of ether oxygens (including phenoxy) is 3. The SMILES string of the molecule is CCOC(=O)N1c2cc(OCC)c(OCC)cc2C(=O)C(C=NC(C)c2cccc3ccccc23)C1C. The lowest BCUT2D eigenvalue weighted by Gasteiger charge is -2.38. The average Bonchev–Trinajstić information content (AvgIpc) is 2.89. The minimum Gasteiger partial charge on any atom is -0.490 e. The van der Waals surface area contributed by atoms with Crippen molar-refractivity contribution in [1.82, 2.24) is 0 Å². The normalized spacial score (nSPS) is 18.1. The van der Waals surface area contributed by atoms with Gasteiger partial charge in [0, 0.05) is 17.8 Å². The van der Waals surface area contributed by atoms with Crippen molar-refractivity contribution in [3.05, 3.63) is 65.7 Å². The van der Waals surface area contributed by atoms with E-state index in [9.17, 15) is 9.59 Å². The van der Waals surface area contributed by atoms with E-state index < -0.39 is 18.1 Å². The third-order valence-corrected chi connectivity index (χ3v) is 6.62. The molecule has 3 atom stereocenters. The zero-order chi connectivity index (χ0) is 26.5. The number of rotatable bonds is 8. The molecule has 1 heterocycles. The zero-order valence-electron chi connectivity index (χ0n) is 22.1. The number of fused-ring (bicyclic) bond motifs is 2. The first-order valence-electron chi connectivity index (χ1n) is 12.9. The van der Waals surface area contributed by atoms with Crippen molar-refractivity contribution in [2.24, 2.45) is 10.9 Å². The Bertz CT molecular complexity index is 1310. The van der Waals surface area contributed by atoms with Crippen LogP contribution in [0.1, 0.15) is 56.6 Å². The number of nitrogens with zero attached hydrogens (tertiary/aromatic N) is 2. The Morgan fingerprint density at radius 2 is 1.68 bits per heavy atom. The van der Waals surface area contributed by atoms with Crippen LogP contribution in [0.2, 0.25) is 0 Å². The second-order valence-corrected chi connectivity index (χ2v) is 8.92. The summed E-state index contributed by atoms with van der Waals surface area (Å²) >= 11 is 0. The lowest BCUT2D eigenvalue weighted by atomic mass is 9.85. The Hall–Kier alpha value is -3.87. The van der Waals surface area contributed by atoms with Gasteiger partial charge in [0.25, 0.3) is 0 Å². The molecule has 0 fully saturated rings. The molecule has 0 aliphatic carbocycles. The fraction of sp³-hybridized carbons (Fsp3) is 0.367. The van der Waals surface area contributed by atoms with Crippen molar-refractivity contribution in [3.63, 3.8) is 0 Å². The van der Waals surface area contributed by atoms with Gasteiger partial charge >= 0.3 is 6.09 Å². The molecule has 4 rings (SSSR count). The van der Waals surface area contributed by atoms with Crippen molar-refractivity contribution in [2.75, 3.05) is 24.7 Å². The highest BCUT2D eigenvalue weighted by Crippen LogP contribution is 2.42. The molecule has 1 aliphatic heterocycles. The number of Topliss-reactive ketones (excluding diaryl/α,β-unsaturated/α-hetero) is 1. The number of carbonyl (C=O) groups excluding carboxylic acids is 2. The van der Waals surface area contributed by atoms with Crippen molar-refractivity contribution in [3.8, 4) is 11.5 Å². The molecule has 0 spiro atoms. The fourth-order valence-electron chi connectivity index (χ4n) is 4.83. The predicted molar refractivity (Wildman–Crippen MR) is 146 cm³/mol. The molecule has 3 unspecified atom stereocenters. The van der Waals surface area contributed by atoms with E-state index in [0.717, 1.165) is 16.3 Å². The molecule has 1 aliphatic rings. The van der Waals surface area contributed by atoms with Gasteiger partial charge in [-0.3, -0.25) is 14.7 Å². The number of amides is 1. The van der Waals surface area contributed by atoms with Crippen LogP contribution >= 0.6 is 0 Å². The van der Waals surface area contributed by atoms with E-state index in [1.807, 2.05) is 45.9 Å². The summed E-state index contributed by atoms with van der Waals surface area (Å²) in [5.74, 6) is 0.173. The minimum absolute atomic E-state index is 0.124. The van der Waals surface area contributed by atoms with Gasteiger partial charge in [0.15, 0.2) is 17.3 Å². The van der Waals surface area contributed by atoms with Crippen LogP contribution in [-0.2, 0) is 4.74 Å². The Morgan fingerprint density at radius 3 is 2.38 bits per heavy atom. The van der Waals surface area contributed by atoms with Gasteiger partial charge in [-0.2, -0.15) is 0 Å². The highest BCUT2D eigenvalue weighted by Gasteiger charge is 2.41. The summed E-state index contributed by atoms with van der Waals surface area (Å²) in [6.07, 6.45) is 1.17. The number of anilines is 1. The van der Waals surface area contributed by atoms with Gasteiger partial charge in [0.2, 0.25) is 0 Å². The molecule has 7 heteroatoms. The molecule has 3 aromatic rings. The zero-order valence-corrected chi connectivity index (χ0v) is 22.1. The summed E-state index contributed by atoms with van der Waals surface area (Å²) < 4.78 is 16.9. The number of carbonyl (C=O) groups is 2. The quantitative estimate of drug-likeness (QED) is 0.323. The van der Waals surface area contributed by atoms with Gasteiger partial charge < -0.3 is 14.2 Å². The minimum atomic E-state index is -0.651. The highest BCUT2D eigenvalue weighted by atomic mass is 16.6. The van der Waals surface area contributed by atoms with Gasteiger partial charge in [0.05, 0.1) is 43.5 Å². The van der Waals surface area contributed by atoms with Crippen molar-refractivity contribution >= 4 is 34.6 Å². The van der Waals surface area contributed by atoms with Gasteiger partial charge in [-0.1, -0.05) is 42.5 Å². The van der Waals surface area contributed by atoms with Crippen LogP contribution in [0.15, 0.2) is 59.6 Å². The van der Waals surface area contributed by atoms with Crippen LogP contribution in [0, 0.1) is 5.92 Å². The number of aliphatic imine (C=N–C) groups is 1. The van der Waals surface area contributed by atoms with E-state index in [1.54, 1.807) is 25.3 Å². The monoisotopic (exact) mass is 502 g/mol. The summed E-state index contributed by atoms with van der Waals surface area (Å²) in [5, 5.41) is 2.26. The van der Waals surface area contributed by atoms with E-state index in [2.05, 4.69) is 24.3 Å². The third kappa shape index (κ3) is 5.17. The summed E-state index contributed by atoms with van der Waals surface area (Å²) in [6.45, 7) is 10.4. The summed E-state index contributed by atoms with van der Waals surface area (Å²) in [5.41, 5.74) is 1.91. The molecule has 194 valence electrons. The average molecular weight is 503 g/mol. The van der Waals surface area contributed by atoms with Crippen LogP contribution in [0.5, 0.6) is 11.5 Å². The lowest BCUT2D eigenvalue weighted by molar-refractivity contribution is 0.0932. The molecule has 37 heavy (non-hydrogen) atoms. The Balaban J connectivity index is 1.75. The Labute approximate surface area is 218 Å². The second-order valence-electron chi connectivity index (χ2n) is 8.92. The number of hydrogen-bond donors (Lipinski definition) is 0. The standard InChI is InChI=1S/C30H34N2O5/c1-6-35-27-16-24-26(17-28(27)36-7-2)32(30(34)37-8-3)20(5)25(29(24)33)18-31-19(4)22-15-11-13-21-12-9-10-14-23(21)22/h9-20,25H,6-8H2,1-5H3. The van der Waals surface area contributed by atoms with Gasteiger partial charge in [-0.05, 0) is 57.0 Å². The van der Waals surface area contributed by atoms with E-state index in [1.165, 1.54) is 4.90 Å². The predicted octanol–water partition coefficient (Wildman–Crippen LogP) is 6.63. The molecule has 0 radical (unpaired) electrons. The van der Waals surface area contributed by atoms with E-state index >= 15 is 0 Å². The second kappa shape index (κ2) is 11.5. The largest absolute Gasteiger partial charge is 0.490 e. The molecular formula is C30H34N2O5. The molecule has 0 N–H and O–H groups in total. The molecule has 0 bridgehead atoms. The van der Waals surface area contributed by atoms with E-state index in [0.29, 0.717) is 36.0 Å². The Morgan fingerprint density at radius 1 is 1.00 bits per heavy atom. The fourth-order valence-corrected chi connectivity index (χ4v) is 4.83. The molecule has 7 nitrogen and oxygen atoms in total. The molecule has 3 aromatic carbocycles. The molecule has 0 aromatic heterocycles. The third-order valence-electron chi connectivity index (χ3n) is 6.62. The summed E-state index contributed by atoms with van der Waals surface area (Å²) in [7, 11) is 0. The van der Waals surface area contributed by atoms with Crippen molar-refractivity contribution in [2.45, 2.75) is 46.7 Å². The van der Waals surface area contributed by atoms with Crippen LogP contribution < -0.4 is 14.4 Å². The molecule has 0 saturated carbocycles. The van der Waals surface area contributed by atoms with E-state index in [4.69, 9.17) is 19.2 Å². The number of benzene rings is 3. The van der Waals surface area contributed by atoms with Crippen LogP contribution in [0.25, 0.3) is 10.8 Å². The summed E-state index contributed by atoms with van der Waals surface area (Å²) in [6, 6.07) is 17.0. The highest BCUT2D eigenvalue weighted by molar-refractivity contribution is 6.15. The Kier molecular flexibility index (Phi) is 8.11. The van der Waals surface area contributed by atoms with Crippen molar-refractivity contribution < 1.29 is 23.8 Å². The first-order chi connectivity index (χ1) is 17.9. The summed E-state index contributed by atoms with van der Waals surface area (Å²) in [4.78, 5) is 33.2. The van der Waals surface area contributed by atoms with Gasteiger partial charge in [-0.25, -0.2) is 4.79 Å². The van der Waals surface area contributed by atoms with Gasteiger partial charge in [0.1, 0.15) is 0 Å². The van der Waals surface area contributed by atoms with Crippen LogP contribution in [0.4, 0.5) is 10.5 Å². The van der Waals surface area contributed by atoms with E-state index in [-0.39, 0.29) is 18.4 Å². The molecule has 0 saturated heterocycles. The van der Waals surface area contributed by atoms with Crippen LogP contribution in [0.3, 0.4) is 0 Å². The number of ketones is 1. The van der Waals surface area contributed by atoms with Crippen molar-refractivity contribution in [1.29, 1.82) is 0 Å². The maximum atomic E-state index is 13.8. The maximum Gasteiger partial charge on any atom is 0.414 e. The maximum absolute atomic E-state index is 13.8. The first kappa shape index (κ1) is 26.2. The molecular weight excluding hydrogens is 468 g/mol.